The van der Waals surface area contributed by atoms with E-state index in [1.54, 1.807) is 6.07 Å². The molecule has 0 amide bonds. The first-order valence-electron chi connectivity index (χ1n) is 6.84. The lowest BCUT2D eigenvalue weighted by molar-refractivity contribution is -0.135. The van der Waals surface area contributed by atoms with E-state index in [0.717, 1.165) is 24.9 Å². The predicted molar refractivity (Wildman–Crippen MR) is 69.5 cm³/mol. The summed E-state index contributed by atoms with van der Waals surface area (Å²) in [4.78, 5) is 14.7. The van der Waals surface area contributed by atoms with Gasteiger partial charge in [0.2, 0.25) is 0 Å². The second-order valence-electron chi connectivity index (χ2n) is 6.07. The number of rotatable bonds is 0. The van der Waals surface area contributed by atoms with Crippen LogP contribution in [0.25, 0.3) is 0 Å². The van der Waals surface area contributed by atoms with Crippen LogP contribution in [-0.2, 0) is 10.2 Å². The van der Waals surface area contributed by atoms with Gasteiger partial charge >= 0.3 is 0 Å². The molecule has 2 heterocycles. The van der Waals surface area contributed by atoms with Gasteiger partial charge in [-0.2, -0.15) is 0 Å². The van der Waals surface area contributed by atoms with E-state index in [1.165, 1.54) is 0 Å². The number of carbonyl (C=O) groups is 1. The molecule has 2 aliphatic heterocycles. The first-order valence-corrected chi connectivity index (χ1v) is 6.84. The quantitative estimate of drug-likeness (QED) is 0.766. The van der Waals surface area contributed by atoms with Crippen LogP contribution in [0.4, 0.5) is 0 Å². The van der Waals surface area contributed by atoms with E-state index in [2.05, 4.69) is 11.9 Å². The van der Waals surface area contributed by atoms with E-state index < -0.39 is 0 Å². The largest absolute Gasteiger partial charge is 0.504 e. The number of ketones is 1. The zero-order valence-electron chi connectivity index (χ0n) is 10.9. The first kappa shape index (κ1) is 11.3. The summed E-state index contributed by atoms with van der Waals surface area (Å²) in [5.41, 5.74) is 0.823. The zero-order valence-corrected chi connectivity index (χ0v) is 10.9. The number of phenolic OH excluding ortho intramolecular Hbond substituents is 1. The van der Waals surface area contributed by atoms with Crippen LogP contribution in [0.5, 0.6) is 11.5 Å². The van der Waals surface area contributed by atoms with Gasteiger partial charge in [0.05, 0.1) is 0 Å². The average Bonchev–Trinajstić information content (AvgIpc) is 2.72. The van der Waals surface area contributed by atoms with Crippen molar-refractivity contribution in [3.63, 3.8) is 0 Å². The normalized spacial score (nSPS) is 36.6. The Hall–Kier alpha value is -1.55. The molecule has 2 fully saturated rings. The van der Waals surface area contributed by atoms with Gasteiger partial charge in [0.15, 0.2) is 23.4 Å². The minimum atomic E-state index is -0.388. The number of ether oxygens (including phenoxy) is 1. The summed E-state index contributed by atoms with van der Waals surface area (Å²) in [6.45, 7) is 0.979. The van der Waals surface area contributed by atoms with Crippen LogP contribution < -0.4 is 4.74 Å². The number of hydrogen-bond acceptors (Lipinski definition) is 4. The van der Waals surface area contributed by atoms with Crippen molar-refractivity contribution in [3.05, 3.63) is 23.8 Å². The molecule has 1 N–H and O–H groups in total. The lowest BCUT2D eigenvalue weighted by Gasteiger charge is -2.48. The summed E-state index contributed by atoms with van der Waals surface area (Å²) in [7, 11) is 2.09. The average molecular weight is 259 g/mol. The zero-order chi connectivity index (χ0) is 13.2. The molecule has 1 spiro atoms. The topological polar surface area (TPSA) is 49.8 Å². The molecule has 4 rings (SSSR count). The number of benzene rings is 1. The van der Waals surface area contributed by atoms with Crippen LogP contribution in [0.2, 0.25) is 0 Å². The molecular formula is C15H17NO3. The summed E-state index contributed by atoms with van der Waals surface area (Å²) in [6.07, 6.45) is 2.06. The third kappa shape index (κ3) is 1.30. The monoisotopic (exact) mass is 259 g/mol. The van der Waals surface area contributed by atoms with Crippen molar-refractivity contribution in [2.75, 3.05) is 13.6 Å². The fourth-order valence-electron chi connectivity index (χ4n) is 4.07. The number of Topliss-reactive ketones (excluding diaryl/α,β-unsaturated/α-hetero) is 1. The Morgan fingerprint density at radius 3 is 3.16 bits per heavy atom. The Balaban J connectivity index is 1.89. The minimum absolute atomic E-state index is 0.157. The van der Waals surface area contributed by atoms with Crippen LogP contribution in [0, 0.1) is 0 Å². The maximum Gasteiger partial charge on any atom is 0.175 e. The van der Waals surface area contributed by atoms with Crippen molar-refractivity contribution in [2.45, 2.75) is 36.8 Å². The molecule has 3 atom stereocenters. The number of aromatic hydroxyl groups is 1. The number of likely N-dealkylation sites (tertiary alicyclic amines) is 1. The SMILES string of the molecule is CN1CC[C@@]23C[C@H]1CC(=O)[C@H]2Oc1c(O)cccc13. The lowest BCUT2D eigenvalue weighted by Crippen LogP contribution is -2.59. The minimum Gasteiger partial charge on any atom is -0.504 e. The van der Waals surface area contributed by atoms with Gasteiger partial charge < -0.3 is 14.7 Å². The highest BCUT2D eigenvalue weighted by Crippen LogP contribution is 2.56. The summed E-state index contributed by atoms with van der Waals surface area (Å²) in [5.74, 6) is 0.869. The van der Waals surface area contributed by atoms with Crippen molar-refractivity contribution in [1.82, 2.24) is 4.90 Å². The lowest BCUT2D eigenvalue weighted by atomic mass is 9.62. The van der Waals surface area contributed by atoms with E-state index in [9.17, 15) is 9.90 Å². The number of carbonyl (C=O) groups excluding carboxylic acids is 1. The van der Waals surface area contributed by atoms with Gasteiger partial charge in [-0.1, -0.05) is 12.1 Å². The standard InChI is InChI=1S/C15H17NO3/c1-16-6-5-15-8-9(16)7-12(18)14(15)19-13-10(15)3-2-4-11(13)17/h2-4,9,14,17H,5-8H2,1H3/t9-,14-,15+/m1/s1. The molecule has 0 aromatic heterocycles. The maximum absolute atomic E-state index is 12.4. The molecule has 1 aromatic rings. The molecule has 1 aliphatic carbocycles. The molecule has 0 radical (unpaired) electrons. The molecule has 4 heteroatoms. The molecule has 100 valence electrons. The second-order valence-corrected chi connectivity index (χ2v) is 6.07. The van der Waals surface area contributed by atoms with Gasteiger partial charge in [0.1, 0.15) is 0 Å². The van der Waals surface area contributed by atoms with Crippen LogP contribution >= 0.6 is 0 Å². The van der Waals surface area contributed by atoms with Crippen molar-refractivity contribution in [2.24, 2.45) is 0 Å². The van der Waals surface area contributed by atoms with Crippen molar-refractivity contribution < 1.29 is 14.6 Å². The van der Waals surface area contributed by atoms with Crippen LogP contribution in [0.3, 0.4) is 0 Å². The second kappa shape index (κ2) is 3.51. The number of piperidine rings is 1. The summed E-state index contributed by atoms with van der Waals surface area (Å²) in [6, 6.07) is 5.80. The Labute approximate surface area is 112 Å². The third-order valence-corrected chi connectivity index (χ3v) is 5.13. The maximum atomic E-state index is 12.4. The van der Waals surface area contributed by atoms with Crippen LogP contribution in [0.1, 0.15) is 24.8 Å². The van der Waals surface area contributed by atoms with Gasteiger partial charge in [-0.15, -0.1) is 0 Å². The number of hydrogen-bond donors (Lipinski definition) is 1. The Morgan fingerprint density at radius 1 is 1.47 bits per heavy atom. The number of para-hydroxylation sites is 1. The Kier molecular flexibility index (Phi) is 2.09. The molecule has 1 saturated heterocycles. The van der Waals surface area contributed by atoms with Crippen LogP contribution in [0.15, 0.2) is 18.2 Å². The molecule has 19 heavy (non-hydrogen) atoms. The smallest absolute Gasteiger partial charge is 0.175 e. The summed E-state index contributed by atoms with van der Waals surface area (Å²) < 4.78 is 5.85. The third-order valence-electron chi connectivity index (χ3n) is 5.13. The van der Waals surface area contributed by atoms with E-state index in [0.29, 0.717) is 18.2 Å². The summed E-state index contributed by atoms with van der Waals surface area (Å²) in [5, 5.41) is 9.96. The van der Waals surface area contributed by atoms with Gasteiger partial charge in [0.25, 0.3) is 0 Å². The van der Waals surface area contributed by atoms with E-state index in [4.69, 9.17) is 4.74 Å². The Morgan fingerprint density at radius 2 is 2.32 bits per heavy atom. The summed E-state index contributed by atoms with van der Waals surface area (Å²) >= 11 is 0. The van der Waals surface area contributed by atoms with Crippen molar-refractivity contribution in [3.8, 4) is 11.5 Å². The highest BCUT2D eigenvalue weighted by atomic mass is 16.5. The molecule has 4 nitrogen and oxygen atoms in total. The Bertz CT molecular complexity index is 571. The fourth-order valence-corrected chi connectivity index (χ4v) is 4.07. The molecular weight excluding hydrogens is 242 g/mol. The van der Waals surface area contributed by atoms with Gasteiger partial charge in [0, 0.05) is 23.4 Å². The fraction of sp³-hybridized carbons (Fsp3) is 0.533. The first-order chi connectivity index (χ1) is 9.12. The molecule has 1 aromatic carbocycles. The van der Waals surface area contributed by atoms with Crippen molar-refractivity contribution in [1.29, 1.82) is 0 Å². The highest BCUT2D eigenvalue weighted by molar-refractivity contribution is 5.89. The number of phenols is 1. The van der Waals surface area contributed by atoms with Gasteiger partial charge in [-0.25, -0.2) is 0 Å². The highest BCUT2D eigenvalue weighted by Gasteiger charge is 2.58. The van der Waals surface area contributed by atoms with E-state index >= 15 is 0 Å². The van der Waals surface area contributed by atoms with Gasteiger partial charge in [-0.3, -0.25) is 4.79 Å². The number of fused-ring (bicyclic) bond motifs is 2. The number of nitrogens with zero attached hydrogens (tertiary/aromatic N) is 1. The van der Waals surface area contributed by atoms with Crippen LogP contribution in [-0.4, -0.2) is 41.5 Å². The van der Waals surface area contributed by atoms with Crippen molar-refractivity contribution >= 4 is 5.78 Å². The van der Waals surface area contributed by atoms with E-state index in [1.807, 2.05) is 12.1 Å². The van der Waals surface area contributed by atoms with Gasteiger partial charge in [-0.05, 0) is 32.5 Å². The molecule has 0 unspecified atom stereocenters. The predicted octanol–water partition coefficient (Wildman–Crippen LogP) is 1.46. The van der Waals surface area contributed by atoms with E-state index in [-0.39, 0.29) is 23.1 Å². The molecule has 3 aliphatic rings. The molecule has 2 bridgehead atoms. The molecule has 1 saturated carbocycles.